The molecule has 4 rings (SSSR count). The summed E-state index contributed by atoms with van der Waals surface area (Å²) in [4.78, 5) is 31.4. The SMILES string of the molecule is CS(=O)(=O)c1ccc(NC(=O)CN2CCNC(=O)[C@@H]2Cc2nc3ccccc3o2)cc1. The highest BCUT2D eigenvalue weighted by Gasteiger charge is 2.32. The number of carbonyl (C=O) groups is 2. The molecule has 9 nitrogen and oxygen atoms in total. The van der Waals surface area contributed by atoms with E-state index >= 15 is 0 Å². The number of amides is 2. The van der Waals surface area contributed by atoms with Gasteiger partial charge in [-0.25, -0.2) is 13.4 Å². The Hall–Kier alpha value is -3.24. The van der Waals surface area contributed by atoms with E-state index in [0.717, 1.165) is 11.8 Å². The Morgan fingerprint density at radius 2 is 1.97 bits per heavy atom. The standard InChI is InChI=1S/C21H22N4O5S/c1-31(28,29)15-8-6-14(7-9-15)23-19(26)13-25-11-10-22-21(27)17(25)12-20-24-16-4-2-3-5-18(16)30-20/h2-9,17H,10-13H2,1H3,(H,22,27)(H,23,26)/t17-/m0/s1. The topological polar surface area (TPSA) is 122 Å². The van der Waals surface area contributed by atoms with Gasteiger partial charge >= 0.3 is 0 Å². The molecule has 1 atom stereocenters. The Morgan fingerprint density at radius 3 is 2.68 bits per heavy atom. The molecule has 31 heavy (non-hydrogen) atoms. The maximum Gasteiger partial charge on any atom is 0.238 e. The number of rotatable bonds is 6. The summed E-state index contributed by atoms with van der Waals surface area (Å²) in [5.74, 6) is -0.0480. The third kappa shape index (κ3) is 4.92. The Labute approximate surface area is 179 Å². The average Bonchev–Trinajstić information content (AvgIpc) is 3.13. The lowest BCUT2D eigenvalue weighted by Gasteiger charge is -2.33. The molecular formula is C21H22N4O5S. The zero-order chi connectivity index (χ0) is 22.0. The number of carbonyl (C=O) groups excluding carboxylic acids is 2. The highest BCUT2D eigenvalue weighted by atomic mass is 32.2. The minimum Gasteiger partial charge on any atom is -0.441 e. The van der Waals surface area contributed by atoms with E-state index in [4.69, 9.17) is 4.42 Å². The van der Waals surface area contributed by atoms with Crippen molar-refractivity contribution in [2.75, 3.05) is 31.2 Å². The van der Waals surface area contributed by atoms with Gasteiger partial charge in [-0.05, 0) is 36.4 Å². The number of anilines is 1. The van der Waals surface area contributed by atoms with Gasteiger partial charge in [-0.15, -0.1) is 0 Å². The lowest BCUT2D eigenvalue weighted by Crippen LogP contribution is -2.57. The molecule has 0 bridgehead atoms. The minimum atomic E-state index is -3.30. The average molecular weight is 442 g/mol. The normalized spacial score (nSPS) is 17.5. The molecule has 0 unspecified atom stereocenters. The third-order valence-electron chi connectivity index (χ3n) is 5.06. The molecule has 162 valence electrons. The number of piperazine rings is 1. The number of fused-ring (bicyclic) bond motifs is 1. The predicted octanol–water partition coefficient (Wildman–Crippen LogP) is 1.21. The number of nitrogens with one attached hydrogen (secondary N) is 2. The van der Waals surface area contributed by atoms with Gasteiger partial charge in [-0.2, -0.15) is 0 Å². The maximum atomic E-state index is 12.6. The van der Waals surface area contributed by atoms with Crippen LogP contribution in [0.5, 0.6) is 0 Å². The molecular weight excluding hydrogens is 420 g/mol. The Kier molecular flexibility index (Phi) is 5.75. The molecule has 0 radical (unpaired) electrons. The summed E-state index contributed by atoms with van der Waals surface area (Å²) in [5.41, 5.74) is 1.85. The van der Waals surface area contributed by atoms with Crippen molar-refractivity contribution < 1.29 is 22.4 Å². The van der Waals surface area contributed by atoms with E-state index in [0.29, 0.717) is 30.3 Å². The molecule has 1 fully saturated rings. The molecule has 0 saturated carbocycles. The summed E-state index contributed by atoms with van der Waals surface area (Å²) < 4.78 is 28.9. The van der Waals surface area contributed by atoms with Gasteiger partial charge in [0, 0.05) is 31.5 Å². The van der Waals surface area contributed by atoms with Crippen molar-refractivity contribution in [3.63, 3.8) is 0 Å². The van der Waals surface area contributed by atoms with Gasteiger partial charge in [0.15, 0.2) is 21.3 Å². The van der Waals surface area contributed by atoms with Crippen LogP contribution in [0.4, 0.5) is 5.69 Å². The van der Waals surface area contributed by atoms with Crippen molar-refractivity contribution in [3.05, 3.63) is 54.4 Å². The van der Waals surface area contributed by atoms with Crippen LogP contribution in [0, 0.1) is 0 Å². The number of oxazole rings is 1. The van der Waals surface area contributed by atoms with Gasteiger partial charge in [-0.1, -0.05) is 12.1 Å². The quantitative estimate of drug-likeness (QED) is 0.588. The van der Waals surface area contributed by atoms with Crippen molar-refractivity contribution in [3.8, 4) is 0 Å². The van der Waals surface area contributed by atoms with E-state index in [9.17, 15) is 18.0 Å². The first-order chi connectivity index (χ1) is 14.8. The van der Waals surface area contributed by atoms with E-state index in [1.54, 1.807) is 4.90 Å². The number of para-hydroxylation sites is 2. The molecule has 2 heterocycles. The fraction of sp³-hybridized carbons (Fsp3) is 0.286. The second-order valence-electron chi connectivity index (χ2n) is 7.40. The summed E-state index contributed by atoms with van der Waals surface area (Å²) in [7, 11) is -3.30. The molecule has 0 aliphatic carbocycles. The van der Waals surface area contributed by atoms with Crippen molar-refractivity contribution in [2.24, 2.45) is 0 Å². The number of sulfone groups is 1. The first-order valence-electron chi connectivity index (χ1n) is 9.76. The van der Waals surface area contributed by atoms with Crippen LogP contribution in [0.2, 0.25) is 0 Å². The summed E-state index contributed by atoms with van der Waals surface area (Å²) >= 11 is 0. The first-order valence-corrected chi connectivity index (χ1v) is 11.6. The molecule has 1 aliphatic heterocycles. The van der Waals surface area contributed by atoms with Crippen LogP contribution < -0.4 is 10.6 Å². The highest BCUT2D eigenvalue weighted by molar-refractivity contribution is 7.90. The Balaban J connectivity index is 1.43. The number of hydrogen-bond acceptors (Lipinski definition) is 7. The van der Waals surface area contributed by atoms with Crippen LogP contribution in [0.3, 0.4) is 0 Å². The Morgan fingerprint density at radius 1 is 1.23 bits per heavy atom. The van der Waals surface area contributed by atoms with Crippen LogP contribution in [0.1, 0.15) is 5.89 Å². The van der Waals surface area contributed by atoms with E-state index in [2.05, 4.69) is 15.6 Å². The van der Waals surface area contributed by atoms with Crippen LogP contribution in [-0.2, 0) is 25.8 Å². The third-order valence-corrected chi connectivity index (χ3v) is 6.19. The van der Waals surface area contributed by atoms with Gasteiger partial charge in [0.05, 0.1) is 17.5 Å². The second-order valence-corrected chi connectivity index (χ2v) is 9.42. The number of aromatic nitrogens is 1. The lowest BCUT2D eigenvalue weighted by atomic mass is 10.1. The molecule has 1 aromatic heterocycles. The van der Waals surface area contributed by atoms with Crippen LogP contribution in [0.15, 0.2) is 57.8 Å². The van der Waals surface area contributed by atoms with E-state index in [1.165, 1.54) is 24.3 Å². The molecule has 10 heteroatoms. The summed E-state index contributed by atoms with van der Waals surface area (Å²) in [5, 5.41) is 5.56. The Bertz CT molecular complexity index is 1190. The molecule has 1 saturated heterocycles. The zero-order valence-corrected chi connectivity index (χ0v) is 17.7. The fourth-order valence-corrected chi connectivity index (χ4v) is 4.15. The molecule has 2 amide bonds. The van der Waals surface area contributed by atoms with Gasteiger partial charge < -0.3 is 15.1 Å². The minimum absolute atomic E-state index is 0.00609. The second kappa shape index (κ2) is 8.48. The van der Waals surface area contributed by atoms with Gasteiger partial charge in [-0.3, -0.25) is 14.5 Å². The summed E-state index contributed by atoms with van der Waals surface area (Å²) in [6.45, 7) is 0.961. The molecule has 3 aromatic rings. The molecule has 1 aliphatic rings. The molecule has 2 aromatic carbocycles. The zero-order valence-electron chi connectivity index (χ0n) is 16.9. The van der Waals surface area contributed by atoms with Crippen molar-refractivity contribution in [1.82, 2.24) is 15.2 Å². The number of benzene rings is 2. The maximum absolute atomic E-state index is 12.6. The van der Waals surface area contributed by atoms with Gasteiger partial charge in [0.1, 0.15) is 5.52 Å². The van der Waals surface area contributed by atoms with Crippen LogP contribution in [0.25, 0.3) is 11.1 Å². The lowest BCUT2D eigenvalue weighted by molar-refractivity contribution is -0.130. The van der Waals surface area contributed by atoms with Crippen molar-refractivity contribution in [1.29, 1.82) is 0 Å². The smallest absolute Gasteiger partial charge is 0.238 e. The van der Waals surface area contributed by atoms with E-state index in [1.807, 2.05) is 24.3 Å². The van der Waals surface area contributed by atoms with Crippen molar-refractivity contribution in [2.45, 2.75) is 17.4 Å². The van der Waals surface area contributed by atoms with Crippen molar-refractivity contribution >= 4 is 38.4 Å². The highest BCUT2D eigenvalue weighted by Crippen LogP contribution is 2.19. The van der Waals surface area contributed by atoms with Gasteiger partial charge in [0.2, 0.25) is 11.8 Å². The summed E-state index contributed by atoms with van der Waals surface area (Å²) in [6, 6.07) is 12.7. The number of nitrogens with zero attached hydrogens (tertiary/aromatic N) is 2. The number of hydrogen-bond donors (Lipinski definition) is 2. The first kappa shape index (κ1) is 21.0. The molecule has 0 spiro atoms. The fourth-order valence-electron chi connectivity index (χ4n) is 3.52. The summed E-state index contributed by atoms with van der Waals surface area (Å²) in [6.07, 6.45) is 1.37. The van der Waals surface area contributed by atoms with Gasteiger partial charge in [0.25, 0.3) is 0 Å². The van der Waals surface area contributed by atoms with Crippen LogP contribution in [-0.4, -0.2) is 62.0 Å². The molecule has 2 N–H and O–H groups in total. The predicted molar refractivity (Wildman–Crippen MR) is 114 cm³/mol. The van der Waals surface area contributed by atoms with E-state index < -0.39 is 15.9 Å². The van der Waals surface area contributed by atoms with Crippen LogP contribution >= 0.6 is 0 Å². The van der Waals surface area contributed by atoms with E-state index in [-0.39, 0.29) is 29.7 Å². The monoisotopic (exact) mass is 442 g/mol. The largest absolute Gasteiger partial charge is 0.441 e.